The van der Waals surface area contributed by atoms with Gasteiger partial charge in [0.2, 0.25) is 0 Å². The molecule has 0 amide bonds. The molecule has 0 aliphatic carbocycles. The van der Waals surface area contributed by atoms with E-state index in [-0.39, 0.29) is 0 Å². The second-order valence-corrected chi connectivity index (χ2v) is 11.0. The largest absolute Gasteiger partial charge is 0.468 e. The molecule has 220 valence electrons. The molecule has 1 aromatic heterocycles. The third-order valence-corrected chi connectivity index (χ3v) is 8.02. The van der Waals surface area contributed by atoms with Crippen LogP contribution in [0.5, 0.6) is 0 Å². The van der Waals surface area contributed by atoms with Gasteiger partial charge in [0.05, 0.1) is 12.8 Å². The molecule has 40 heavy (non-hydrogen) atoms. The van der Waals surface area contributed by atoms with E-state index < -0.39 is 0 Å². The number of nitrogens with two attached hydrogens (primary N) is 1. The zero-order valence-corrected chi connectivity index (χ0v) is 26.6. The number of piperidine rings is 1. The van der Waals surface area contributed by atoms with Gasteiger partial charge < -0.3 is 20.9 Å². The molecule has 0 spiro atoms. The number of likely N-dealkylation sites (tertiary alicyclic amines) is 1. The minimum atomic E-state index is 0.398. The summed E-state index contributed by atoms with van der Waals surface area (Å²) >= 11 is 0. The Bertz CT molecular complexity index is 1230. The number of H-pyrrole nitrogens is 1. The second-order valence-electron chi connectivity index (χ2n) is 11.0. The van der Waals surface area contributed by atoms with Crippen LogP contribution < -0.4 is 5.73 Å². The molecule has 0 atom stereocenters. The van der Waals surface area contributed by atoms with E-state index in [0.29, 0.717) is 17.5 Å². The summed E-state index contributed by atoms with van der Waals surface area (Å²) in [5.74, 6) is 2.08. The summed E-state index contributed by atoms with van der Waals surface area (Å²) in [6.45, 7) is 20.2. The van der Waals surface area contributed by atoms with Crippen LogP contribution in [0.3, 0.4) is 0 Å². The quantitative estimate of drug-likeness (QED) is 0.149. The van der Waals surface area contributed by atoms with Gasteiger partial charge in [-0.3, -0.25) is 4.90 Å². The standard InChI is InChI=1S/C34H49N3O.CH5N/c1-9-19-38-32(24(7)10-2)22-37-17-15-27(16-18-37)28-13-14-31-29(21-28)33(23(5)6)34(36-31)26(11-3)20-25(8)30(35)12-4;1-2/h9,11,13-14,19-21,23,27,35-36H,10,12,15-18,22H2,1-8H3;2H2,1H3/b19-9-,25-20-,26-11+,32-24?,35-30?;. The lowest BCUT2D eigenvalue weighted by atomic mass is 9.87. The summed E-state index contributed by atoms with van der Waals surface area (Å²) in [6.07, 6.45) is 12.2. The predicted octanol–water partition coefficient (Wildman–Crippen LogP) is 9.06. The smallest absolute Gasteiger partial charge is 0.116 e. The van der Waals surface area contributed by atoms with Crippen molar-refractivity contribution in [3.63, 3.8) is 0 Å². The molecule has 1 aromatic carbocycles. The van der Waals surface area contributed by atoms with E-state index >= 15 is 0 Å². The normalized spacial score (nSPS) is 16.4. The van der Waals surface area contributed by atoms with Crippen LogP contribution in [0.15, 0.2) is 59.6 Å². The van der Waals surface area contributed by atoms with Crippen LogP contribution in [0.1, 0.15) is 110 Å². The van der Waals surface area contributed by atoms with Gasteiger partial charge in [0, 0.05) is 22.3 Å². The molecular weight excluding hydrogens is 492 g/mol. The van der Waals surface area contributed by atoms with Crippen LogP contribution in [0.2, 0.25) is 0 Å². The second kappa shape index (κ2) is 16.4. The minimum Gasteiger partial charge on any atom is -0.468 e. The Balaban J connectivity index is 0.00000274. The number of hydrogen-bond acceptors (Lipinski definition) is 4. The van der Waals surface area contributed by atoms with Crippen LogP contribution in [0, 0.1) is 5.41 Å². The third kappa shape index (κ3) is 8.31. The van der Waals surface area contributed by atoms with Crippen LogP contribution in [-0.4, -0.2) is 42.3 Å². The third-order valence-electron chi connectivity index (χ3n) is 8.02. The maximum atomic E-state index is 8.25. The number of fused-ring (bicyclic) bond motifs is 1. The highest BCUT2D eigenvalue weighted by molar-refractivity contribution is 6.00. The van der Waals surface area contributed by atoms with Gasteiger partial charge in [0.25, 0.3) is 0 Å². The Morgan fingerprint density at radius 3 is 2.35 bits per heavy atom. The molecule has 3 rings (SSSR count). The number of ether oxygens (including phenoxy) is 1. The Kier molecular flexibility index (Phi) is 13.7. The first-order valence-electron chi connectivity index (χ1n) is 15.1. The first kappa shape index (κ1) is 33.3. The van der Waals surface area contributed by atoms with Gasteiger partial charge in [0.1, 0.15) is 5.76 Å². The average Bonchev–Trinajstić information content (AvgIpc) is 3.37. The number of aromatic nitrogens is 1. The van der Waals surface area contributed by atoms with Gasteiger partial charge in [-0.15, -0.1) is 0 Å². The topological polar surface area (TPSA) is 78.1 Å². The summed E-state index contributed by atoms with van der Waals surface area (Å²) < 4.78 is 5.95. The van der Waals surface area contributed by atoms with Gasteiger partial charge in [-0.2, -0.15) is 0 Å². The van der Waals surface area contributed by atoms with Crippen molar-refractivity contribution in [1.29, 1.82) is 5.41 Å². The van der Waals surface area contributed by atoms with Crippen molar-refractivity contribution in [2.75, 3.05) is 26.7 Å². The van der Waals surface area contributed by atoms with E-state index in [1.165, 1.54) is 58.8 Å². The van der Waals surface area contributed by atoms with E-state index in [0.717, 1.165) is 43.8 Å². The van der Waals surface area contributed by atoms with Crippen LogP contribution >= 0.6 is 0 Å². The van der Waals surface area contributed by atoms with Gasteiger partial charge in [-0.1, -0.05) is 45.9 Å². The lowest BCUT2D eigenvalue weighted by Gasteiger charge is -2.32. The summed E-state index contributed by atoms with van der Waals surface area (Å²) in [5, 5.41) is 9.59. The van der Waals surface area contributed by atoms with Crippen LogP contribution in [0.4, 0.5) is 0 Å². The lowest BCUT2D eigenvalue weighted by molar-refractivity contribution is 0.192. The molecule has 0 saturated carbocycles. The van der Waals surface area contributed by atoms with Crippen molar-refractivity contribution in [2.45, 2.75) is 92.9 Å². The summed E-state index contributed by atoms with van der Waals surface area (Å²) in [5.41, 5.74) is 14.0. The molecule has 0 bridgehead atoms. The molecular formula is C35H54N4O. The molecule has 2 aromatic rings. The predicted molar refractivity (Wildman–Crippen MR) is 175 cm³/mol. The Morgan fingerprint density at radius 1 is 1.12 bits per heavy atom. The first-order chi connectivity index (χ1) is 19.2. The van der Waals surface area contributed by atoms with E-state index in [2.05, 4.69) is 80.6 Å². The fourth-order valence-electron chi connectivity index (χ4n) is 5.46. The SMILES string of the molecule is C/C=C\OC(CN1CCC(c2ccc3[nH]c(C(/C=C(/C)C(=N)CC)=C/C)c(C(C)C)c3c2)CC1)=C(C)CC.CN. The highest BCUT2D eigenvalue weighted by atomic mass is 16.5. The van der Waals surface area contributed by atoms with Gasteiger partial charge in [-0.25, -0.2) is 0 Å². The minimum absolute atomic E-state index is 0.398. The summed E-state index contributed by atoms with van der Waals surface area (Å²) in [6, 6.07) is 7.06. The van der Waals surface area contributed by atoms with Crippen molar-refractivity contribution in [3.8, 4) is 0 Å². The molecule has 5 heteroatoms. The number of hydrogen-bond donors (Lipinski definition) is 3. The number of aromatic amines is 1. The molecule has 1 aliphatic rings. The summed E-state index contributed by atoms with van der Waals surface area (Å²) in [4.78, 5) is 6.28. The maximum absolute atomic E-state index is 8.25. The van der Waals surface area contributed by atoms with Crippen molar-refractivity contribution < 1.29 is 4.74 Å². The number of benzene rings is 1. The average molecular weight is 547 g/mol. The lowest BCUT2D eigenvalue weighted by Crippen LogP contribution is -2.34. The van der Waals surface area contributed by atoms with E-state index in [1.807, 2.05) is 26.8 Å². The van der Waals surface area contributed by atoms with Gasteiger partial charge >= 0.3 is 0 Å². The van der Waals surface area contributed by atoms with Crippen LogP contribution in [-0.2, 0) is 4.74 Å². The van der Waals surface area contributed by atoms with E-state index in [9.17, 15) is 0 Å². The zero-order chi connectivity index (χ0) is 29.8. The molecule has 1 aliphatic heterocycles. The Morgan fingerprint density at radius 2 is 1.80 bits per heavy atom. The van der Waals surface area contributed by atoms with Crippen molar-refractivity contribution >= 4 is 22.2 Å². The molecule has 1 saturated heterocycles. The fraction of sp³-hybridized carbons (Fsp3) is 0.514. The Hall–Kier alpha value is -2.89. The molecule has 2 heterocycles. The molecule has 0 radical (unpaired) electrons. The van der Waals surface area contributed by atoms with Crippen molar-refractivity contribution in [1.82, 2.24) is 9.88 Å². The molecule has 4 N–H and O–H groups in total. The zero-order valence-electron chi connectivity index (χ0n) is 26.6. The number of nitrogens with zero attached hydrogens (tertiary/aromatic N) is 1. The monoisotopic (exact) mass is 546 g/mol. The first-order valence-corrected chi connectivity index (χ1v) is 15.1. The molecule has 0 unspecified atom stereocenters. The fourth-order valence-corrected chi connectivity index (χ4v) is 5.46. The van der Waals surface area contributed by atoms with Crippen molar-refractivity contribution in [3.05, 3.63) is 76.4 Å². The van der Waals surface area contributed by atoms with E-state index in [4.69, 9.17) is 10.1 Å². The number of allylic oxidation sites excluding steroid dienone is 6. The maximum Gasteiger partial charge on any atom is 0.116 e. The highest BCUT2D eigenvalue weighted by Gasteiger charge is 2.24. The number of rotatable bonds is 11. The van der Waals surface area contributed by atoms with E-state index in [1.54, 1.807) is 6.26 Å². The molecule has 5 nitrogen and oxygen atoms in total. The van der Waals surface area contributed by atoms with Crippen LogP contribution in [0.25, 0.3) is 16.5 Å². The van der Waals surface area contributed by atoms with Gasteiger partial charge in [-0.05, 0) is 131 Å². The van der Waals surface area contributed by atoms with Crippen molar-refractivity contribution in [2.24, 2.45) is 5.73 Å². The Labute approximate surface area is 243 Å². The van der Waals surface area contributed by atoms with Gasteiger partial charge in [0.15, 0.2) is 0 Å². The summed E-state index contributed by atoms with van der Waals surface area (Å²) in [7, 11) is 1.50. The molecule has 1 fully saturated rings. The highest BCUT2D eigenvalue weighted by Crippen LogP contribution is 2.37. The number of nitrogens with one attached hydrogen (secondary N) is 2.